The van der Waals surface area contributed by atoms with Crippen molar-refractivity contribution < 1.29 is 19.1 Å². The first-order valence-corrected chi connectivity index (χ1v) is 6.86. The lowest BCUT2D eigenvalue weighted by Gasteiger charge is -2.35. The van der Waals surface area contributed by atoms with Gasteiger partial charge in [0.2, 0.25) is 0 Å². The Morgan fingerprint density at radius 3 is 2.60 bits per heavy atom. The number of benzene rings is 1. The van der Waals surface area contributed by atoms with Crippen LogP contribution >= 0.6 is 0 Å². The van der Waals surface area contributed by atoms with E-state index in [4.69, 9.17) is 5.11 Å². The van der Waals surface area contributed by atoms with Crippen LogP contribution < -0.4 is 0 Å². The van der Waals surface area contributed by atoms with Crippen molar-refractivity contribution in [2.75, 3.05) is 6.54 Å². The highest BCUT2D eigenvalue weighted by Crippen LogP contribution is 2.23. The summed E-state index contributed by atoms with van der Waals surface area (Å²) in [5.74, 6) is -1.35. The average molecular weight is 279 g/mol. The van der Waals surface area contributed by atoms with E-state index in [0.717, 1.165) is 19.3 Å². The summed E-state index contributed by atoms with van der Waals surface area (Å²) in [4.78, 5) is 24.8. The van der Waals surface area contributed by atoms with Gasteiger partial charge in [0.05, 0.1) is 0 Å². The Bertz CT molecular complexity index is 486. The van der Waals surface area contributed by atoms with Crippen LogP contribution in [0.1, 0.15) is 42.5 Å². The number of carboxylic acids is 1. The first-order valence-electron chi connectivity index (χ1n) is 6.86. The molecule has 20 heavy (non-hydrogen) atoms. The third-order valence-corrected chi connectivity index (χ3v) is 3.67. The molecule has 0 bridgehead atoms. The Balaban J connectivity index is 2.08. The van der Waals surface area contributed by atoms with Crippen LogP contribution in [-0.2, 0) is 4.79 Å². The van der Waals surface area contributed by atoms with E-state index in [2.05, 4.69) is 0 Å². The van der Waals surface area contributed by atoms with E-state index in [-0.39, 0.29) is 24.2 Å². The maximum Gasteiger partial charge on any atom is 0.303 e. The molecule has 0 aliphatic carbocycles. The van der Waals surface area contributed by atoms with Crippen molar-refractivity contribution in [3.05, 3.63) is 35.6 Å². The van der Waals surface area contributed by atoms with E-state index in [1.165, 1.54) is 24.3 Å². The molecule has 0 unspecified atom stereocenters. The predicted octanol–water partition coefficient (Wildman–Crippen LogP) is 2.69. The number of amides is 1. The van der Waals surface area contributed by atoms with Gasteiger partial charge in [0.25, 0.3) is 5.91 Å². The molecule has 4 nitrogen and oxygen atoms in total. The fraction of sp³-hybridized carbons (Fsp3) is 0.467. The van der Waals surface area contributed by atoms with Crippen LogP contribution in [0.3, 0.4) is 0 Å². The van der Waals surface area contributed by atoms with Crippen LogP contribution in [0.15, 0.2) is 24.3 Å². The van der Waals surface area contributed by atoms with Crippen molar-refractivity contribution in [1.82, 2.24) is 4.90 Å². The van der Waals surface area contributed by atoms with Crippen molar-refractivity contribution >= 4 is 11.9 Å². The van der Waals surface area contributed by atoms with Gasteiger partial charge in [-0.15, -0.1) is 0 Å². The molecule has 1 aliphatic rings. The molecule has 1 atom stereocenters. The highest BCUT2D eigenvalue weighted by molar-refractivity contribution is 5.94. The third-order valence-electron chi connectivity index (χ3n) is 3.67. The molecule has 1 saturated heterocycles. The molecule has 1 N–H and O–H groups in total. The molecular weight excluding hydrogens is 261 g/mol. The number of rotatable bonds is 4. The van der Waals surface area contributed by atoms with Crippen LogP contribution in [0, 0.1) is 5.82 Å². The summed E-state index contributed by atoms with van der Waals surface area (Å²) in [6, 6.07) is 5.45. The zero-order valence-electron chi connectivity index (χ0n) is 11.2. The molecule has 108 valence electrons. The number of carbonyl (C=O) groups is 2. The normalized spacial score (nSPS) is 18.9. The van der Waals surface area contributed by atoms with Crippen LogP contribution in [0.5, 0.6) is 0 Å². The zero-order chi connectivity index (χ0) is 14.5. The second-order valence-electron chi connectivity index (χ2n) is 5.09. The average Bonchev–Trinajstić information content (AvgIpc) is 2.45. The van der Waals surface area contributed by atoms with Crippen molar-refractivity contribution in [1.29, 1.82) is 0 Å². The fourth-order valence-corrected chi connectivity index (χ4v) is 2.62. The minimum absolute atomic E-state index is 0.0302. The molecule has 0 aromatic heterocycles. The summed E-state index contributed by atoms with van der Waals surface area (Å²) in [5, 5.41) is 8.77. The molecule has 5 heteroatoms. The van der Waals surface area contributed by atoms with Gasteiger partial charge in [-0.1, -0.05) is 0 Å². The largest absolute Gasteiger partial charge is 0.481 e. The van der Waals surface area contributed by atoms with Crippen molar-refractivity contribution in [3.8, 4) is 0 Å². The van der Waals surface area contributed by atoms with Gasteiger partial charge in [-0.2, -0.15) is 0 Å². The number of carbonyl (C=O) groups excluding carboxylic acids is 1. The molecule has 1 aliphatic heterocycles. The van der Waals surface area contributed by atoms with Crippen molar-refractivity contribution in [3.63, 3.8) is 0 Å². The van der Waals surface area contributed by atoms with Gasteiger partial charge in [0, 0.05) is 24.6 Å². The second-order valence-corrected chi connectivity index (χ2v) is 5.09. The molecular formula is C15H18FNO3. The lowest BCUT2D eigenvalue weighted by molar-refractivity contribution is -0.137. The SMILES string of the molecule is O=C(O)CC[C@@H]1CCCCN1C(=O)c1ccc(F)cc1. The molecule has 1 fully saturated rings. The van der Waals surface area contributed by atoms with E-state index in [0.29, 0.717) is 18.5 Å². The number of likely N-dealkylation sites (tertiary alicyclic amines) is 1. The smallest absolute Gasteiger partial charge is 0.303 e. The summed E-state index contributed by atoms with van der Waals surface area (Å²) in [6.07, 6.45) is 3.31. The van der Waals surface area contributed by atoms with E-state index >= 15 is 0 Å². The van der Waals surface area contributed by atoms with E-state index in [1.807, 2.05) is 0 Å². The molecule has 2 rings (SSSR count). The van der Waals surface area contributed by atoms with Crippen LogP contribution in [0.2, 0.25) is 0 Å². The number of hydrogen-bond acceptors (Lipinski definition) is 2. The third kappa shape index (κ3) is 3.56. The summed E-state index contributed by atoms with van der Waals surface area (Å²) in [6.45, 7) is 0.639. The Hall–Kier alpha value is -1.91. The van der Waals surface area contributed by atoms with Gasteiger partial charge >= 0.3 is 5.97 Å². The first kappa shape index (κ1) is 14.5. The standard InChI is InChI=1S/C15H18FNO3/c16-12-6-4-11(5-7-12)15(20)17-10-2-1-3-13(17)8-9-14(18)19/h4-7,13H,1-3,8-10H2,(H,18,19)/t13-/m0/s1. The summed E-state index contributed by atoms with van der Waals surface area (Å²) >= 11 is 0. The maximum atomic E-state index is 12.9. The summed E-state index contributed by atoms with van der Waals surface area (Å²) < 4.78 is 12.9. The van der Waals surface area contributed by atoms with Gasteiger partial charge in [0.15, 0.2) is 0 Å². The maximum absolute atomic E-state index is 12.9. The highest BCUT2D eigenvalue weighted by Gasteiger charge is 2.27. The molecule has 1 aromatic rings. The minimum atomic E-state index is -0.843. The van der Waals surface area contributed by atoms with Crippen molar-refractivity contribution in [2.45, 2.75) is 38.1 Å². The van der Waals surface area contributed by atoms with Crippen molar-refractivity contribution in [2.24, 2.45) is 0 Å². The van der Waals surface area contributed by atoms with E-state index in [1.54, 1.807) is 4.90 Å². The molecule has 0 spiro atoms. The number of hydrogen-bond donors (Lipinski definition) is 1. The summed E-state index contributed by atoms with van der Waals surface area (Å²) in [7, 11) is 0. The number of carboxylic acid groups (broad SMARTS) is 1. The monoisotopic (exact) mass is 279 g/mol. The number of halogens is 1. The molecule has 0 radical (unpaired) electrons. The minimum Gasteiger partial charge on any atom is -0.481 e. The van der Waals surface area contributed by atoms with E-state index in [9.17, 15) is 14.0 Å². The molecule has 1 amide bonds. The quantitative estimate of drug-likeness (QED) is 0.922. The number of piperidine rings is 1. The number of aliphatic carboxylic acids is 1. The second kappa shape index (κ2) is 6.50. The van der Waals surface area contributed by atoms with Gasteiger partial charge in [0.1, 0.15) is 5.82 Å². The van der Waals surface area contributed by atoms with Gasteiger partial charge < -0.3 is 10.0 Å². The van der Waals surface area contributed by atoms with Crippen LogP contribution in [0.25, 0.3) is 0 Å². The van der Waals surface area contributed by atoms with Crippen LogP contribution in [0.4, 0.5) is 4.39 Å². The Morgan fingerprint density at radius 2 is 1.95 bits per heavy atom. The fourth-order valence-electron chi connectivity index (χ4n) is 2.62. The first-order chi connectivity index (χ1) is 9.58. The van der Waals surface area contributed by atoms with Gasteiger partial charge in [-0.3, -0.25) is 9.59 Å². The van der Waals surface area contributed by atoms with Gasteiger partial charge in [-0.25, -0.2) is 4.39 Å². The Morgan fingerprint density at radius 1 is 1.25 bits per heavy atom. The van der Waals surface area contributed by atoms with E-state index < -0.39 is 5.97 Å². The molecule has 1 heterocycles. The Labute approximate surface area is 117 Å². The topological polar surface area (TPSA) is 57.6 Å². The van der Waals surface area contributed by atoms with Gasteiger partial charge in [-0.05, 0) is 49.9 Å². The molecule has 1 aromatic carbocycles. The highest BCUT2D eigenvalue weighted by atomic mass is 19.1. The molecule has 0 saturated carbocycles. The van der Waals surface area contributed by atoms with Crippen LogP contribution in [-0.4, -0.2) is 34.5 Å². The number of nitrogens with zero attached hydrogens (tertiary/aromatic N) is 1. The predicted molar refractivity (Wildman–Crippen MR) is 71.9 cm³/mol. The zero-order valence-corrected chi connectivity index (χ0v) is 11.2. The summed E-state index contributed by atoms with van der Waals surface area (Å²) in [5.41, 5.74) is 0.452. The lowest BCUT2D eigenvalue weighted by Crippen LogP contribution is -2.43. The lowest BCUT2D eigenvalue weighted by atomic mass is 9.97. The Kier molecular flexibility index (Phi) is 4.71.